The van der Waals surface area contributed by atoms with Gasteiger partial charge in [0.25, 0.3) is 5.91 Å². The minimum absolute atomic E-state index is 0.0191. The first-order chi connectivity index (χ1) is 10.2. The zero-order valence-corrected chi connectivity index (χ0v) is 13.2. The number of likely N-dealkylation sites (tertiary alicyclic amines) is 1. The van der Waals surface area contributed by atoms with Crippen molar-refractivity contribution in [3.63, 3.8) is 0 Å². The molecule has 1 aliphatic heterocycles. The molecule has 2 atom stereocenters. The van der Waals surface area contributed by atoms with Gasteiger partial charge in [0.2, 0.25) is 0 Å². The third kappa shape index (κ3) is 3.47. The van der Waals surface area contributed by atoms with E-state index in [1.165, 1.54) is 4.90 Å². The van der Waals surface area contributed by atoms with Crippen LogP contribution in [0.25, 0.3) is 0 Å². The van der Waals surface area contributed by atoms with Crippen molar-refractivity contribution in [3.8, 4) is 0 Å². The van der Waals surface area contributed by atoms with E-state index in [9.17, 15) is 14.7 Å². The Morgan fingerprint density at radius 3 is 2.27 bits per heavy atom. The Balaban J connectivity index is 2.13. The van der Waals surface area contributed by atoms with Gasteiger partial charge in [0.05, 0.1) is 6.10 Å². The molecule has 0 aromatic heterocycles. The Labute approximate surface area is 130 Å². The maximum atomic E-state index is 12.5. The molecule has 1 aromatic carbocycles. The quantitative estimate of drug-likeness (QED) is 0.874. The zero-order chi connectivity index (χ0) is 16.5. The van der Waals surface area contributed by atoms with Gasteiger partial charge in [-0.25, -0.2) is 0 Å². The lowest BCUT2D eigenvalue weighted by atomic mass is 9.86. The Morgan fingerprint density at radius 1 is 1.18 bits per heavy atom. The van der Waals surface area contributed by atoms with Gasteiger partial charge in [-0.2, -0.15) is 0 Å². The zero-order valence-electron chi connectivity index (χ0n) is 13.2. The molecule has 2 rings (SSSR count). The van der Waals surface area contributed by atoms with Crippen LogP contribution >= 0.6 is 0 Å². The number of carboxylic acids is 1. The third-order valence-corrected chi connectivity index (χ3v) is 4.18. The van der Waals surface area contributed by atoms with Crippen molar-refractivity contribution in [1.29, 1.82) is 0 Å². The molecule has 1 amide bonds. The number of aliphatic carboxylic acids is 1. The second-order valence-electron chi connectivity index (χ2n) is 6.88. The molecule has 0 unspecified atom stereocenters. The van der Waals surface area contributed by atoms with Crippen LogP contribution in [0, 0.1) is 5.92 Å². The van der Waals surface area contributed by atoms with Gasteiger partial charge in [-0.1, -0.05) is 32.9 Å². The highest BCUT2D eigenvalue weighted by Gasteiger charge is 2.35. The molecule has 120 valence electrons. The average Bonchev–Trinajstić information content (AvgIpc) is 2.46. The summed E-state index contributed by atoms with van der Waals surface area (Å²) >= 11 is 0. The van der Waals surface area contributed by atoms with Crippen molar-refractivity contribution >= 4 is 11.9 Å². The van der Waals surface area contributed by atoms with Gasteiger partial charge in [-0.05, 0) is 29.5 Å². The molecule has 5 heteroatoms. The SMILES string of the molecule is CC(C)(C)c1ccc(C(=O)N2CC[C@H](O)[C@H](C(=O)O)C2)cc1. The van der Waals surface area contributed by atoms with E-state index in [1.54, 1.807) is 12.1 Å². The summed E-state index contributed by atoms with van der Waals surface area (Å²) in [4.78, 5) is 25.1. The maximum absolute atomic E-state index is 12.5. The second-order valence-corrected chi connectivity index (χ2v) is 6.88. The summed E-state index contributed by atoms with van der Waals surface area (Å²) in [6, 6.07) is 7.43. The highest BCUT2D eigenvalue weighted by atomic mass is 16.4. The van der Waals surface area contributed by atoms with Crippen LogP contribution in [0.1, 0.15) is 43.1 Å². The molecule has 2 N–H and O–H groups in total. The van der Waals surface area contributed by atoms with Crippen LogP contribution in [-0.4, -0.2) is 46.2 Å². The minimum Gasteiger partial charge on any atom is -0.481 e. The number of benzene rings is 1. The highest BCUT2D eigenvalue weighted by molar-refractivity contribution is 5.94. The van der Waals surface area contributed by atoms with E-state index in [2.05, 4.69) is 20.8 Å². The lowest BCUT2D eigenvalue weighted by molar-refractivity contribution is -0.148. The predicted octanol–water partition coefficient (Wildman–Crippen LogP) is 1.89. The fourth-order valence-electron chi connectivity index (χ4n) is 2.66. The lowest BCUT2D eigenvalue weighted by Crippen LogP contribution is -2.48. The normalized spacial score (nSPS) is 22.5. The third-order valence-electron chi connectivity index (χ3n) is 4.18. The van der Waals surface area contributed by atoms with Crippen LogP contribution in [0.15, 0.2) is 24.3 Å². The molecule has 1 heterocycles. The number of nitrogens with zero attached hydrogens (tertiary/aromatic N) is 1. The van der Waals surface area contributed by atoms with E-state index >= 15 is 0 Å². The molecule has 0 saturated carbocycles. The number of piperidine rings is 1. The number of carbonyl (C=O) groups excluding carboxylic acids is 1. The largest absolute Gasteiger partial charge is 0.481 e. The molecule has 0 aliphatic carbocycles. The summed E-state index contributed by atoms with van der Waals surface area (Å²) < 4.78 is 0. The van der Waals surface area contributed by atoms with Crippen molar-refractivity contribution < 1.29 is 19.8 Å². The van der Waals surface area contributed by atoms with Crippen molar-refractivity contribution in [2.75, 3.05) is 13.1 Å². The minimum atomic E-state index is -1.06. The van der Waals surface area contributed by atoms with Crippen LogP contribution in [0.4, 0.5) is 0 Å². The molecular formula is C17H23NO4. The average molecular weight is 305 g/mol. The number of carbonyl (C=O) groups is 2. The number of aliphatic hydroxyl groups excluding tert-OH is 1. The molecular weight excluding hydrogens is 282 g/mol. The Bertz CT molecular complexity index is 559. The van der Waals surface area contributed by atoms with Crippen molar-refractivity contribution in [2.45, 2.75) is 38.7 Å². The first kappa shape index (κ1) is 16.5. The van der Waals surface area contributed by atoms with Crippen LogP contribution in [-0.2, 0) is 10.2 Å². The standard InChI is InChI=1S/C17H23NO4/c1-17(2,3)12-6-4-11(5-7-12)15(20)18-9-8-14(19)13(10-18)16(21)22/h4-7,13-14,19H,8-10H2,1-3H3,(H,21,22)/t13-,14+/m1/s1. The smallest absolute Gasteiger partial charge is 0.310 e. The van der Waals surface area contributed by atoms with Gasteiger partial charge in [0.1, 0.15) is 5.92 Å². The monoisotopic (exact) mass is 305 g/mol. The summed E-state index contributed by atoms with van der Waals surface area (Å²) in [7, 11) is 0. The van der Waals surface area contributed by atoms with Gasteiger partial charge in [0, 0.05) is 18.7 Å². The van der Waals surface area contributed by atoms with Gasteiger partial charge < -0.3 is 15.1 Å². The van der Waals surface area contributed by atoms with E-state index in [0.29, 0.717) is 18.5 Å². The van der Waals surface area contributed by atoms with Crippen LogP contribution < -0.4 is 0 Å². The number of hydrogen-bond acceptors (Lipinski definition) is 3. The number of carboxylic acid groups (broad SMARTS) is 1. The van der Waals surface area contributed by atoms with E-state index in [4.69, 9.17) is 5.11 Å². The Hall–Kier alpha value is -1.88. The van der Waals surface area contributed by atoms with Gasteiger partial charge in [-0.3, -0.25) is 9.59 Å². The molecule has 0 bridgehead atoms. The van der Waals surface area contributed by atoms with Crippen molar-refractivity contribution in [1.82, 2.24) is 4.90 Å². The number of amides is 1. The molecule has 22 heavy (non-hydrogen) atoms. The summed E-state index contributed by atoms with van der Waals surface area (Å²) in [6.07, 6.45) is -0.590. The first-order valence-corrected chi connectivity index (χ1v) is 7.51. The summed E-state index contributed by atoms with van der Waals surface area (Å²) in [6.45, 7) is 6.75. The fourth-order valence-corrected chi connectivity index (χ4v) is 2.66. The maximum Gasteiger partial charge on any atom is 0.310 e. The molecule has 1 aliphatic rings. The van der Waals surface area contributed by atoms with E-state index in [0.717, 1.165) is 5.56 Å². The Kier molecular flexibility index (Phi) is 4.56. The topological polar surface area (TPSA) is 77.8 Å². The van der Waals surface area contributed by atoms with Crippen molar-refractivity contribution in [2.24, 2.45) is 5.92 Å². The summed E-state index contributed by atoms with van der Waals surface area (Å²) in [5.74, 6) is -2.15. The molecule has 1 saturated heterocycles. The molecule has 1 aromatic rings. The van der Waals surface area contributed by atoms with Gasteiger partial charge in [-0.15, -0.1) is 0 Å². The van der Waals surface area contributed by atoms with Crippen LogP contribution in [0.3, 0.4) is 0 Å². The molecule has 0 spiro atoms. The highest BCUT2D eigenvalue weighted by Crippen LogP contribution is 2.24. The number of hydrogen-bond donors (Lipinski definition) is 2. The summed E-state index contributed by atoms with van der Waals surface area (Å²) in [5.41, 5.74) is 1.71. The first-order valence-electron chi connectivity index (χ1n) is 7.51. The lowest BCUT2D eigenvalue weighted by Gasteiger charge is -2.34. The molecule has 0 radical (unpaired) electrons. The van der Waals surface area contributed by atoms with E-state index in [-0.39, 0.29) is 17.9 Å². The number of aliphatic hydroxyl groups is 1. The number of rotatable bonds is 2. The van der Waals surface area contributed by atoms with Crippen LogP contribution in [0.5, 0.6) is 0 Å². The summed E-state index contributed by atoms with van der Waals surface area (Å²) in [5, 5.41) is 18.8. The van der Waals surface area contributed by atoms with Crippen molar-refractivity contribution in [3.05, 3.63) is 35.4 Å². The molecule has 5 nitrogen and oxygen atoms in total. The van der Waals surface area contributed by atoms with E-state index < -0.39 is 18.0 Å². The Morgan fingerprint density at radius 2 is 1.77 bits per heavy atom. The predicted molar refractivity (Wildman–Crippen MR) is 82.8 cm³/mol. The van der Waals surface area contributed by atoms with Gasteiger partial charge >= 0.3 is 5.97 Å². The second kappa shape index (κ2) is 6.08. The molecule has 1 fully saturated rings. The fraction of sp³-hybridized carbons (Fsp3) is 0.529. The van der Waals surface area contributed by atoms with Crippen LogP contribution in [0.2, 0.25) is 0 Å². The van der Waals surface area contributed by atoms with E-state index in [1.807, 2.05) is 12.1 Å². The van der Waals surface area contributed by atoms with Gasteiger partial charge in [0.15, 0.2) is 0 Å².